The minimum atomic E-state index is -0.932. The van der Waals surface area contributed by atoms with E-state index in [0.29, 0.717) is 17.7 Å². The zero-order chi connectivity index (χ0) is 19.4. The highest BCUT2D eigenvalue weighted by molar-refractivity contribution is 7.12. The van der Waals surface area contributed by atoms with Gasteiger partial charge in [-0.25, -0.2) is 5.01 Å². The van der Waals surface area contributed by atoms with Crippen molar-refractivity contribution < 1.29 is 24.5 Å². The van der Waals surface area contributed by atoms with Crippen molar-refractivity contribution in [1.82, 2.24) is 5.01 Å². The quantitative estimate of drug-likeness (QED) is 0.757. The van der Waals surface area contributed by atoms with E-state index in [4.69, 9.17) is 9.84 Å². The lowest BCUT2D eigenvalue weighted by Gasteiger charge is -2.24. The normalized spacial score (nSPS) is 16.3. The summed E-state index contributed by atoms with van der Waals surface area (Å²) in [6, 6.07) is 8.47. The molecule has 7 nitrogen and oxygen atoms in total. The van der Waals surface area contributed by atoms with Gasteiger partial charge in [-0.05, 0) is 23.9 Å². The maximum absolute atomic E-state index is 12.7. The van der Waals surface area contributed by atoms with Crippen LogP contribution in [0.25, 0.3) is 0 Å². The number of thiophene rings is 1. The third-order valence-electron chi connectivity index (χ3n) is 4.34. The Kier molecular flexibility index (Phi) is 5.75. The molecule has 0 aliphatic carbocycles. The number of nitrogens with zero attached hydrogens (tertiary/aromatic N) is 2. The van der Waals surface area contributed by atoms with Crippen molar-refractivity contribution >= 4 is 28.9 Å². The van der Waals surface area contributed by atoms with Gasteiger partial charge < -0.3 is 14.9 Å². The first-order valence-electron chi connectivity index (χ1n) is 8.52. The van der Waals surface area contributed by atoms with Gasteiger partial charge in [0, 0.05) is 24.8 Å². The third-order valence-corrected chi connectivity index (χ3v) is 5.26. The summed E-state index contributed by atoms with van der Waals surface area (Å²) in [5.41, 5.74) is 1.45. The lowest BCUT2D eigenvalue weighted by Crippen LogP contribution is -2.27. The summed E-state index contributed by atoms with van der Waals surface area (Å²) >= 11 is 1.54. The lowest BCUT2D eigenvalue weighted by atomic mass is 9.99. The fraction of sp³-hybridized carbons (Fsp3) is 0.316. The molecule has 0 fully saturated rings. The molecule has 3 rings (SSSR count). The molecule has 142 valence electrons. The van der Waals surface area contributed by atoms with Crippen LogP contribution in [-0.2, 0) is 9.59 Å². The van der Waals surface area contributed by atoms with Gasteiger partial charge in [0.1, 0.15) is 0 Å². The first kappa shape index (κ1) is 18.9. The van der Waals surface area contributed by atoms with Gasteiger partial charge in [-0.3, -0.25) is 9.59 Å². The first-order valence-corrected chi connectivity index (χ1v) is 9.40. The standard InChI is InChI=1S/C19H20N2O5S/c1-26-19-12(5-2-6-15(19)22)14-11-13(16-7-4-10-27-16)20-21(14)17(23)8-3-9-18(24)25/h2,4-7,10,14,22H,3,8-9,11H2,1H3,(H,24,25)/t14-/m1/s1. The van der Waals surface area contributed by atoms with Gasteiger partial charge in [0.05, 0.1) is 23.7 Å². The number of rotatable bonds is 7. The molecule has 2 aromatic rings. The SMILES string of the molecule is COc1c(O)cccc1[C@H]1CC(c2cccs2)=NN1C(=O)CCCC(=O)O. The minimum Gasteiger partial charge on any atom is -0.504 e. The highest BCUT2D eigenvalue weighted by atomic mass is 32.1. The molecule has 0 bridgehead atoms. The maximum atomic E-state index is 12.7. The van der Waals surface area contributed by atoms with Crippen LogP contribution in [0.4, 0.5) is 0 Å². The topological polar surface area (TPSA) is 99.4 Å². The number of carbonyl (C=O) groups is 2. The summed E-state index contributed by atoms with van der Waals surface area (Å²) in [5, 5.41) is 26.8. The summed E-state index contributed by atoms with van der Waals surface area (Å²) in [6.07, 6.45) is 0.760. The number of carboxylic acids is 1. The van der Waals surface area contributed by atoms with Gasteiger partial charge in [-0.15, -0.1) is 11.3 Å². The van der Waals surface area contributed by atoms with Gasteiger partial charge in [0.25, 0.3) is 0 Å². The zero-order valence-corrected chi connectivity index (χ0v) is 15.6. The Morgan fingerprint density at radius 1 is 1.30 bits per heavy atom. The Morgan fingerprint density at radius 2 is 2.11 bits per heavy atom. The van der Waals surface area contributed by atoms with E-state index in [9.17, 15) is 14.7 Å². The summed E-state index contributed by atoms with van der Waals surface area (Å²) in [5.74, 6) is -0.872. The van der Waals surface area contributed by atoms with E-state index in [0.717, 1.165) is 10.6 Å². The number of benzene rings is 1. The fourth-order valence-electron chi connectivity index (χ4n) is 3.11. The average molecular weight is 388 g/mol. The largest absolute Gasteiger partial charge is 0.504 e. The summed E-state index contributed by atoms with van der Waals surface area (Å²) in [6.45, 7) is 0. The van der Waals surface area contributed by atoms with Gasteiger partial charge in [-0.1, -0.05) is 18.2 Å². The molecule has 0 radical (unpaired) electrons. The molecule has 0 spiro atoms. The second-order valence-corrected chi connectivity index (χ2v) is 7.08. The maximum Gasteiger partial charge on any atom is 0.303 e. The molecule has 2 N–H and O–H groups in total. The molecule has 1 aromatic carbocycles. The van der Waals surface area contributed by atoms with Gasteiger partial charge >= 0.3 is 5.97 Å². The Morgan fingerprint density at radius 3 is 2.78 bits per heavy atom. The van der Waals surface area contributed by atoms with E-state index in [2.05, 4.69) is 5.10 Å². The molecule has 0 saturated heterocycles. The Hall–Kier alpha value is -2.87. The van der Waals surface area contributed by atoms with Crippen LogP contribution < -0.4 is 4.74 Å². The van der Waals surface area contributed by atoms with E-state index in [-0.39, 0.29) is 30.9 Å². The Balaban J connectivity index is 1.90. The van der Waals surface area contributed by atoms with Crippen molar-refractivity contribution in [3.63, 3.8) is 0 Å². The van der Waals surface area contributed by atoms with Crippen LogP contribution in [-0.4, -0.2) is 39.9 Å². The number of methoxy groups -OCH3 is 1. The number of carbonyl (C=O) groups excluding carboxylic acids is 1. The summed E-state index contributed by atoms with van der Waals surface area (Å²) < 4.78 is 5.34. The molecule has 1 atom stereocenters. The van der Waals surface area contributed by atoms with E-state index in [1.54, 1.807) is 12.1 Å². The van der Waals surface area contributed by atoms with Crippen molar-refractivity contribution in [2.75, 3.05) is 7.11 Å². The van der Waals surface area contributed by atoms with Gasteiger partial charge in [0.15, 0.2) is 11.5 Å². The number of aromatic hydroxyl groups is 1. The Labute approximate surface area is 160 Å². The number of hydrogen-bond acceptors (Lipinski definition) is 6. The minimum absolute atomic E-state index is 0.00199. The summed E-state index contributed by atoms with van der Waals surface area (Å²) in [4.78, 5) is 24.4. The first-order chi connectivity index (χ1) is 13.0. The molecule has 2 heterocycles. The number of phenolic OH excluding ortho intramolecular Hbond substituents is 1. The molecule has 8 heteroatoms. The molecule has 1 aliphatic rings. The van der Waals surface area contributed by atoms with Crippen molar-refractivity contribution in [2.24, 2.45) is 5.10 Å². The fourth-order valence-corrected chi connectivity index (χ4v) is 3.83. The molecule has 27 heavy (non-hydrogen) atoms. The van der Waals surface area contributed by atoms with Gasteiger partial charge in [-0.2, -0.15) is 5.10 Å². The van der Waals surface area contributed by atoms with Crippen molar-refractivity contribution in [1.29, 1.82) is 0 Å². The second-order valence-electron chi connectivity index (χ2n) is 6.13. The molecule has 1 aromatic heterocycles. The monoisotopic (exact) mass is 388 g/mol. The highest BCUT2D eigenvalue weighted by Gasteiger charge is 2.35. The number of amides is 1. The number of hydrogen-bond donors (Lipinski definition) is 2. The molecule has 1 amide bonds. The van der Waals surface area contributed by atoms with Crippen molar-refractivity contribution in [3.8, 4) is 11.5 Å². The number of carboxylic acid groups (broad SMARTS) is 1. The molecular weight excluding hydrogens is 368 g/mol. The van der Waals surface area contributed by atoms with Crippen LogP contribution >= 0.6 is 11.3 Å². The molecule has 1 aliphatic heterocycles. The van der Waals surface area contributed by atoms with Crippen LogP contribution in [0.1, 0.15) is 42.2 Å². The number of para-hydroxylation sites is 1. The Bertz CT molecular complexity index is 863. The van der Waals surface area contributed by atoms with Crippen LogP contribution in [0.5, 0.6) is 11.5 Å². The van der Waals surface area contributed by atoms with Crippen LogP contribution in [0.2, 0.25) is 0 Å². The second kappa shape index (κ2) is 8.22. The van der Waals surface area contributed by atoms with Crippen molar-refractivity contribution in [2.45, 2.75) is 31.7 Å². The molecule has 0 unspecified atom stereocenters. The predicted molar refractivity (Wildman–Crippen MR) is 101 cm³/mol. The van der Waals surface area contributed by atoms with Crippen LogP contribution in [0.3, 0.4) is 0 Å². The third kappa shape index (κ3) is 4.11. The molecule has 0 saturated carbocycles. The van der Waals surface area contributed by atoms with Gasteiger partial charge in [0.2, 0.25) is 5.91 Å². The van der Waals surface area contributed by atoms with Crippen LogP contribution in [0.15, 0.2) is 40.8 Å². The lowest BCUT2D eigenvalue weighted by molar-refractivity contribution is -0.137. The number of phenols is 1. The van der Waals surface area contributed by atoms with E-state index in [1.165, 1.54) is 29.5 Å². The highest BCUT2D eigenvalue weighted by Crippen LogP contribution is 2.41. The molecular formula is C19H20N2O5S. The zero-order valence-electron chi connectivity index (χ0n) is 14.8. The van der Waals surface area contributed by atoms with Crippen LogP contribution in [0, 0.1) is 0 Å². The predicted octanol–water partition coefficient (Wildman–Crippen LogP) is 3.39. The number of hydrazone groups is 1. The average Bonchev–Trinajstić information content (AvgIpc) is 3.30. The number of aliphatic carboxylic acids is 1. The van der Waals surface area contributed by atoms with E-state index >= 15 is 0 Å². The van der Waals surface area contributed by atoms with Crippen molar-refractivity contribution in [3.05, 3.63) is 46.2 Å². The smallest absolute Gasteiger partial charge is 0.303 e. The van der Waals surface area contributed by atoms with E-state index in [1.807, 2.05) is 17.5 Å². The summed E-state index contributed by atoms with van der Waals surface area (Å²) in [7, 11) is 1.47. The number of ether oxygens (including phenoxy) is 1. The van der Waals surface area contributed by atoms with E-state index < -0.39 is 12.0 Å².